The van der Waals surface area contributed by atoms with E-state index in [0.29, 0.717) is 12.2 Å². The average molecular weight is 249 g/mol. The maximum absolute atomic E-state index is 11.9. The van der Waals surface area contributed by atoms with E-state index in [0.717, 1.165) is 25.8 Å². The van der Waals surface area contributed by atoms with Crippen molar-refractivity contribution in [1.29, 1.82) is 0 Å². The maximum atomic E-state index is 11.9. The molecule has 1 amide bonds. The molecule has 1 aliphatic rings. The fraction of sp³-hybridized carbons (Fsp3) is 0.538. The minimum atomic E-state index is -0.100. The van der Waals surface area contributed by atoms with Crippen LogP contribution in [0.2, 0.25) is 0 Å². The number of nitrogens with one attached hydrogen (secondary N) is 2. The Morgan fingerprint density at radius 2 is 2.39 bits per heavy atom. The zero-order chi connectivity index (χ0) is 13.0. The molecule has 1 fully saturated rings. The van der Waals surface area contributed by atoms with E-state index in [2.05, 4.69) is 10.6 Å². The summed E-state index contributed by atoms with van der Waals surface area (Å²) in [4.78, 5) is 23.4. The molecule has 0 spiro atoms. The lowest BCUT2D eigenvalue weighted by atomic mass is 10.2. The molecule has 0 bridgehead atoms. The van der Waals surface area contributed by atoms with E-state index < -0.39 is 0 Å². The van der Waals surface area contributed by atoms with Gasteiger partial charge in [0.1, 0.15) is 0 Å². The van der Waals surface area contributed by atoms with Gasteiger partial charge in [0.25, 0.3) is 5.56 Å². The highest BCUT2D eigenvalue weighted by atomic mass is 16.2. The van der Waals surface area contributed by atoms with E-state index in [9.17, 15) is 9.59 Å². The van der Waals surface area contributed by atoms with Crippen LogP contribution < -0.4 is 16.2 Å². The predicted molar refractivity (Wildman–Crippen MR) is 70.6 cm³/mol. The van der Waals surface area contributed by atoms with Crippen LogP contribution in [0.15, 0.2) is 23.1 Å². The number of hydrogen-bond acceptors (Lipinski definition) is 3. The molecule has 1 unspecified atom stereocenters. The van der Waals surface area contributed by atoms with Crippen molar-refractivity contribution in [2.24, 2.45) is 0 Å². The standard InChI is InChI=1S/C13H19N3O2/c1-2-8-16-9-10(5-6-12(16)17)15-13(18)11-4-3-7-14-11/h5-6,9,11,14H,2-4,7-8H2,1H3,(H,15,18). The first kappa shape index (κ1) is 12.8. The summed E-state index contributed by atoms with van der Waals surface area (Å²) in [6.07, 6.45) is 4.51. The van der Waals surface area contributed by atoms with Gasteiger partial charge in [-0.3, -0.25) is 9.59 Å². The van der Waals surface area contributed by atoms with E-state index in [1.54, 1.807) is 16.8 Å². The van der Waals surface area contributed by atoms with Crippen LogP contribution in [0.25, 0.3) is 0 Å². The van der Waals surface area contributed by atoms with Crippen LogP contribution in [0.3, 0.4) is 0 Å². The summed E-state index contributed by atoms with van der Waals surface area (Å²) in [5.74, 6) is -0.0193. The molecule has 18 heavy (non-hydrogen) atoms. The summed E-state index contributed by atoms with van der Waals surface area (Å²) in [7, 11) is 0. The van der Waals surface area contributed by atoms with Crippen LogP contribution in [-0.2, 0) is 11.3 Å². The summed E-state index contributed by atoms with van der Waals surface area (Å²) in [6, 6.07) is 3.05. The Morgan fingerprint density at radius 1 is 1.56 bits per heavy atom. The first-order valence-electron chi connectivity index (χ1n) is 6.45. The zero-order valence-electron chi connectivity index (χ0n) is 10.6. The Bertz CT molecular complexity index is 475. The monoisotopic (exact) mass is 249 g/mol. The molecule has 1 atom stereocenters. The van der Waals surface area contributed by atoms with Crippen molar-refractivity contribution in [3.8, 4) is 0 Å². The van der Waals surface area contributed by atoms with Gasteiger partial charge in [0.15, 0.2) is 0 Å². The Kier molecular flexibility index (Phi) is 4.15. The molecule has 98 valence electrons. The van der Waals surface area contributed by atoms with Gasteiger partial charge in [-0.2, -0.15) is 0 Å². The first-order chi connectivity index (χ1) is 8.70. The topological polar surface area (TPSA) is 63.1 Å². The number of amides is 1. The third-order valence-corrected chi connectivity index (χ3v) is 3.09. The summed E-state index contributed by atoms with van der Waals surface area (Å²) in [5.41, 5.74) is 0.649. The largest absolute Gasteiger partial charge is 0.323 e. The lowest BCUT2D eigenvalue weighted by Gasteiger charge is -2.12. The number of aryl methyl sites for hydroxylation is 1. The number of nitrogens with zero attached hydrogens (tertiary/aromatic N) is 1. The molecule has 5 heteroatoms. The molecule has 0 aromatic carbocycles. The van der Waals surface area contributed by atoms with Gasteiger partial charge in [0.2, 0.25) is 5.91 Å². The van der Waals surface area contributed by atoms with Crippen LogP contribution in [0, 0.1) is 0 Å². The van der Waals surface area contributed by atoms with Crippen LogP contribution in [0.5, 0.6) is 0 Å². The van der Waals surface area contributed by atoms with Crippen molar-refractivity contribution in [2.45, 2.75) is 38.8 Å². The van der Waals surface area contributed by atoms with Gasteiger partial charge in [-0.15, -0.1) is 0 Å². The van der Waals surface area contributed by atoms with E-state index in [1.807, 2.05) is 6.92 Å². The third kappa shape index (κ3) is 2.98. The van der Waals surface area contributed by atoms with Crippen molar-refractivity contribution >= 4 is 11.6 Å². The van der Waals surface area contributed by atoms with Crippen molar-refractivity contribution < 1.29 is 4.79 Å². The summed E-state index contributed by atoms with van der Waals surface area (Å²) >= 11 is 0. The quantitative estimate of drug-likeness (QED) is 0.835. The van der Waals surface area contributed by atoms with E-state index in [-0.39, 0.29) is 17.5 Å². The van der Waals surface area contributed by atoms with Crippen molar-refractivity contribution in [2.75, 3.05) is 11.9 Å². The summed E-state index contributed by atoms with van der Waals surface area (Å²) < 4.78 is 1.62. The van der Waals surface area contributed by atoms with Crippen LogP contribution >= 0.6 is 0 Å². The summed E-state index contributed by atoms with van der Waals surface area (Å²) in [6.45, 7) is 3.58. The number of aromatic nitrogens is 1. The first-order valence-corrected chi connectivity index (χ1v) is 6.45. The molecule has 1 aromatic heterocycles. The predicted octanol–water partition coefficient (Wildman–Crippen LogP) is 0.949. The lowest BCUT2D eigenvalue weighted by Crippen LogP contribution is -2.35. The van der Waals surface area contributed by atoms with Gasteiger partial charge >= 0.3 is 0 Å². The van der Waals surface area contributed by atoms with Crippen LogP contribution in [-0.4, -0.2) is 23.1 Å². The van der Waals surface area contributed by atoms with Gasteiger partial charge in [-0.1, -0.05) is 6.92 Å². The molecular weight excluding hydrogens is 230 g/mol. The fourth-order valence-corrected chi connectivity index (χ4v) is 2.16. The second-order valence-electron chi connectivity index (χ2n) is 4.59. The van der Waals surface area contributed by atoms with E-state index >= 15 is 0 Å². The second-order valence-corrected chi connectivity index (χ2v) is 4.59. The van der Waals surface area contributed by atoms with Gasteiger partial charge < -0.3 is 15.2 Å². The number of carbonyl (C=O) groups excluding carboxylic acids is 1. The molecule has 1 aliphatic heterocycles. The fourth-order valence-electron chi connectivity index (χ4n) is 2.16. The Morgan fingerprint density at radius 3 is 3.06 bits per heavy atom. The van der Waals surface area contributed by atoms with Gasteiger partial charge in [-0.25, -0.2) is 0 Å². The maximum Gasteiger partial charge on any atom is 0.250 e. The van der Waals surface area contributed by atoms with Crippen LogP contribution in [0.1, 0.15) is 26.2 Å². The van der Waals surface area contributed by atoms with E-state index in [1.165, 1.54) is 6.07 Å². The highest BCUT2D eigenvalue weighted by Crippen LogP contribution is 2.09. The lowest BCUT2D eigenvalue weighted by molar-refractivity contribution is -0.117. The van der Waals surface area contributed by atoms with Crippen molar-refractivity contribution in [3.63, 3.8) is 0 Å². The third-order valence-electron chi connectivity index (χ3n) is 3.09. The summed E-state index contributed by atoms with van der Waals surface area (Å²) in [5, 5.41) is 6.00. The zero-order valence-corrected chi connectivity index (χ0v) is 10.6. The second kappa shape index (κ2) is 5.82. The van der Waals surface area contributed by atoms with Gasteiger partial charge in [0.05, 0.1) is 11.7 Å². The minimum absolute atomic E-state index is 0.0193. The highest BCUT2D eigenvalue weighted by Gasteiger charge is 2.21. The van der Waals surface area contributed by atoms with Gasteiger partial charge in [-0.05, 0) is 31.9 Å². The normalized spacial score (nSPS) is 18.8. The number of hydrogen-bond donors (Lipinski definition) is 2. The molecule has 0 aliphatic carbocycles. The van der Waals surface area contributed by atoms with Gasteiger partial charge in [0, 0.05) is 18.8 Å². The van der Waals surface area contributed by atoms with E-state index in [4.69, 9.17) is 0 Å². The number of rotatable bonds is 4. The number of anilines is 1. The molecule has 5 nitrogen and oxygen atoms in total. The number of carbonyl (C=O) groups is 1. The van der Waals surface area contributed by atoms with Crippen molar-refractivity contribution in [3.05, 3.63) is 28.7 Å². The Hall–Kier alpha value is -1.62. The smallest absolute Gasteiger partial charge is 0.250 e. The molecule has 0 radical (unpaired) electrons. The average Bonchev–Trinajstić information content (AvgIpc) is 2.87. The van der Waals surface area contributed by atoms with Crippen molar-refractivity contribution in [1.82, 2.24) is 9.88 Å². The SMILES string of the molecule is CCCn1cc(NC(=O)C2CCCN2)ccc1=O. The molecule has 2 heterocycles. The Labute approximate surface area is 106 Å². The molecule has 2 rings (SSSR count). The molecule has 1 saturated heterocycles. The number of pyridine rings is 1. The molecule has 2 N–H and O–H groups in total. The van der Waals surface area contributed by atoms with Crippen LogP contribution in [0.4, 0.5) is 5.69 Å². The molecular formula is C13H19N3O2. The Balaban J connectivity index is 2.06. The molecule has 0 saturated carbocycles. The minimum Gasteiger partial charge on any atom is -0.323 e. The highest BCUT2D eigenvalue weighted by molar-refractivity contribution is 5.94. The molecule has 1 aromatic rings.